The van der Waals surface area contributed by atoms with E-state index < -0.39 is 6.10 Å². The standard InChI is InChI=1S/C13H19ClN2O3/c1-2-3-13(19)16-12-5-4-9(6-11(12)14)15-7-10(18)8-17/h4-6,10,15,17-18H,2-3,7-8H2,1H3,(H,16,19). The largest absolute Gasteiger partial charge is 0.394 e. The van der Waals surface area contributed by atoms with Crippen LogP contribution in [0.3, 0.4) is 0 Å². The van der Waals surface area contributed by atoms with Crippen LogP contribution >= 0.6 is 11.6 Å². The molecular formula is C13H19ClN2O3. The number of aliphatic hydroxyl groups excluding tert-OH is 2. The van der Waals surface area contributed by atoms with Gasteiger partial charge in [0.2, 0.25) is 5.91 Å². The lowest BCUT2D eigenvalue weighted by atomic mass is 10.2. The molecule has 0 aromatic heterocycles. The fraction of sp³-hybridized carbons (Fsp3) is 0.462. The van der Waals surface area contributed by atoms with Crippen molar-refractivity contribution in [1.29, 1.82) is 0 Å². The third kappa shape index (κ3) is 5.46. The van der Waals surface area contributed by atoms with E-state index in [4.69, 9.17) is 16.7 Å². The third-order valence-corrected chi connectivity index (χ3v) is 2.79. The molecule has 1 amide bonds. The van der Waals surface area contributed by atoms with Gasteiger partial charge in [0.1, 0.15) is 0 Å². The Morgan fingerprint density at radius 1 is 1.47 bits per heavy atom. The van der Waals surface area contributed by atoms with E-state index in [0.29, 0.717) is 22.8 Å². The highest BCUT2D eigenvalue weighted by atomic mass is 35.5. The van der Waals surface area contributed by atoms with Crippen molar-refractivity contribution in [2.75, 3.05) is 23.8 Å². The molecule has 4 N–H and O–H groups in total. The summed E-state index contributed by atoms with van der Waals surface area (Å²) >= 11 is 6.06. The van der Waals surface area contributed by atoms with E-state index in [0.717, 1.165) is 6.42 Å². The molecule has 0 bridgehead atoms. The van der Waals surface area contributed by atoms with Crippen molar-refractivity contribution in [1.82, 2.24) is 0 Å². The van der Waals surface area contributed by atoms with Crippen molar-refractivity contribution >= 4 is 28.9 Å². The summed E-state index contributed by atoms with van der Waals surface area (Å²) in [6.45, 7) is 1.86. The molecule has 0 radical (unpaired) electrons. The van der Waals surface area contributed by atoms with Gasteiger partial charge in [0.15, 0.2) is 0 Å². The van der Waals surface area contributed by atoms with Crippen LogP contribution in [0, 0.1) is 0 Å². The van der Waals surface area contributed by atoms with Crippen molar-refractivity contribution in [3.63, 3.8) is 0 Å². The second-order valence-electron chi connectivity index (χ2n) is 4.21. The molecule has 6 heteroatoms. The summed E-state index contributed by atoms with van der Waals surface area (Å²) < 4.78 is 0. The lowest BCUT2D eigenvalue weighted by Crippen LogP contribution is -2.22. The van der Waals surface area contributed by atoms with Gasteiger partial charge in [-0.3, -0.25) is 4.79 Å². The smallest absolute Gasteiger partial charge is 0.224 e. The van der Waals surface area contributed by atoms with E-state index >= 15 is 0 Å². The van der Waals surface area contributed by atoms with Gasteiger partial charge in [0.25, 0.3) is 0 Å². The van der Waals surface area contributed by atoms with Crippen molar-refractivity contribution in [2.24, 2.45) is 0 Å². The van der Waals surface area contributed by atoms with E-state index in [1.807, 2.05) is 6.92 Å². The summed E-state index contributed by atoms with van der Waals surface area (Å²) in [6.07, 6.45) is 0.420. The van der Waals surface area contributed by atoms with E-state index in [9.17, 15) is 9.90 Å². The molecule has 0 saturated heterocycles. The summed E-state index contributed by atoms with van der Waals surface area (Å²) in [6, 6.07) is 5.11. The van der Waals surface area contributed by atoms with Gasteiger partial charge in [-0.05, 0) is 24.6 Å². The van der Waals surface area contributed by atoms with Crippen LogP contribution in [0.15, 0.2) is 18.2 Å². The second kappa shape index (κ2) is 7.99. The molecule has 0 heterocycles. The average molecular weight is 287 g/mol. The highest BCUT2D eigenvalue weighted by Crippen LogP contribution is 2.25. The van der Waals surface area contributed by atoms with Crippen LogP contribution in [0.1, 0.15) is 19.8 Å². The Balaban J connectivity index is 2.61. The number of amides is 1. The molecule has 1 unspecified atom stereocenters. The quantitative estimate of drug-likeness (QED) is 0.616. The number of rotatable bonds is 7. The van der Waals surface area contributed by atoms with Gasteiger partial charge in [-0.2, -0.15) is 0 Å². The molecule has 1 rings (SSSR count). The topological polar surface area (TPSA) is 81.6 Å². The zero-order chi connectivity index (χ0) is 14.3. The first-order valence-electron chi connectivity index (χ1n) is 6.19. The molecule has 1 aromatic rings. The lowest BCUT2D eigenvalue weighted by Gasteiger charge is -2.12. The Morgan fingerprint density at radius 3 is 2.79 bits per heavy atom. The number of carbonyl (C=O) groups excluding carboxylic acids is 1. The van der Waals surface area contributed by atoms with Gasteiger partial charge < -0.3 is 20.8 Å². The summed E-state index contributed by atoms with van der Waals surface area (Å²) in [5, 5.41) is 24.0. The van der Waals surface area contributed by atoms with E-state index in [-0.39, 0.29) is 19.1 Å². The predicted molar refractivity (Wildman–Crippen MR) is 76.6 cm³/mol. The average Bonchev–Trinajstić information content (AvgIpc) is 2.39. The maximum Gasteiger partial charge on any atom is 0.224 e. The molecule has 5 nitrogen and oxygen atoms in total. The Morgan fingerprint density at radius 2 is 2.21 bits per heavy atom. The van der Waals surface area contributed by atoms with Gasteiger partial charge in [-0.25, -0.2) is 0 Å². The van der Waals surface area contributed by atoms with Crippen LogP contribution in [-0.4, -0.2) is 35.4 Å². The number of hydrogen-bond donors (Lipinski definition) is 4. The number of halogens is 1. The van der Waals surface area contributed by atoms with Crippen molar-refractivity contribution < 1.29 is 15.0 Å². The summed E-state index contributed by atoms with van der Waals surface area (Å²) in [4.78, 5) is 11.5. The fourth-order valence-electron chi connectivity index (χ4n) is 1.47. The minimum Gasteiger partial charge on any atom is -0.394 e. The number of carbonyl (C=O) groups is 1. The maximum atomic E-state index is 11.5. The van der Waals surface area contributed by atoms with Crippen molar-refractivity contribution in [2.45, 2.75) is 25.9 Å². The molecule has 19 heavy (non-hydrogen) atoms. The van der Waals surface area contributed by atoms with E-state index in [2.05, 4.69) is 10.6 Å². The van der Waals surface area contributed by atoms with Gasteiger partial charge in [-0.1, -0.05) is 18.5 Å². The summed E-state index contributed by atoms with van der Waals surface area (Å²) in [5.41, 5.74) is 1.28. The maximum absolute atomic E-state index is 11.5. The van der Waals surface area contributed by atoms with E-state index in [1.165, 1.54) is 0 Å². The number of anilines is 2. The van der Waals surface area contributed by atoms with Crippen molar-refractivity contribution in [3.05, 3.63) is 23.2 Å². The van der Waals surface area contributed by atoms with Gasteiger partial charge in [-0.15, -0.1) is 0 Å². The van der Waals surface area contributed by atoms with Crippen LogP contribution in [0.25, 0.3) is 0 Å². The molecule has 0 aliphatic rings. The molecular weight excluding hydrogens is 268 g/mol. The number of aliphatic hydroxyl groups is 2. The molecule has 1 aromatic carbocycles. The number of benzene rings is 1. The summed E-state index contributed by atoms with van der Waals surface area (Å²) in [7, 11) is 0. The molecule has 0 saturated carbocycles. The molecule has 0 fully saturated rings. The zero-order valence-corrected chi connectivity index (χ0v) is 11.6. The van der Waals surface area contributed by atoms with Gasteiger partial charge >= 0.3 is 0 Å². The highest BCUT2D eigenvalue weighted by molar-refractivity contribution is 6.34. The molecule has 0 aliphatic carbocycles. The number of nitrogens with one attached hydrogen (secondary N) is 2. The summed E-state index contributed by atoms with van der Waals surface area (Å²) in [5.74, 6) is -0.0687. The van der Waals surface area contributed by atoms with Crippen LogP contribution in [0.2, 0.25) is 5.02 Å². The minimum absolute atomic E-state index is 0.0687. The molecule has 0 aliphatic heterocycles. The van der Waals surface area contributed by atoms with Crippen LogP contribution in [-0.2, 0) is 4.79 Å². The Hall–Kier alpha value is -1.30. The predicted octanol–water partition coefficient (Wildman–Crippen LogP) is 1.84. The van der Waals surface area contributed by atoms with Gasteiger partial charge in [0, 0.05) is 18.7 Å². The normalized spacial score (nSPS) is 12.0. The molecule has 1 atom stereocenters. The highest BCUT2D eigenvalue weighted by Gasteiger charge is 2.07. The van der Waals surface area contributed by atoms with Gasteiger partial charge in [0.05, 0.1) is 23.4 Å². The van der Waals surface area contributed by atoms with Crippen LogP contribution in [0.5, 0.6) is 0 Å². The first-order valence-corrected chi connectivity index (χ1v) is 6.56. The van der Waals surface area contributed by atoms with Crippen molar-refractivity contribution in [3.8, 4) is 0 Å². The zero-order valence-electron chi connectivity index (χ0n) is 10.8. The SMILES string of the molecule is CCCC(=O)Nc1ccc(NCC(O)CO)cc1Cl. The number of hydrogen-bond acceptors (Lipinski definition) is 4. The van der Waals surface area contributed by atoms with E-state index in [1.54, 1.807) is 18.2 Å². The fourth-order valence-corrected chi connectivity index (χ4v) is 1.69. The Kier molecular flexibility index (Phi) is 6.62. The third-order valence-electron chi connectivity index (χ3n) is 2.47. The van der Waals surface area contributed by atoms with Crippen LogP contribution in [0.4, 0.5) is 11.4 Å². The minimum atomic E-state index is -0.817. The lowest BCUT2D eigenvalue weighted by molar-refractivity contribution is -0.116. The van der Waals surface area contributed by atoms with Crippen LogP contribution < -0.4 is 10.6 Å². The first-order chi connectivity index (χ1) is 9.06. The monoisotopic (exact) mass is 286 g/mol. The first kappa shape index (κ1) is 15.8. The Labute approximate surface area is 117 Å². The second-order valence-corrected chi connectivity index (χ2v) is 4.62. The Bertz CT molecular complexity index is 426. The molecule has 106 valence electrons. The molecule has 0 spiro atoms.